The predicted molar refractivity (Wildman–Crippen MR) is 52.0 cm³/mol. The van der Waals surface area contributed by atoms with Gasteiger partial charge in [0.25, 0.3) is 0 Å². The number of benzene rings is 1. The zero-order valence-electron chi connectivity index (χ0n) is 7.79. The lowest BCUT2D eigenvalue weighted by Gasteiger charge is -2.06. The molecule has 0 bridgehead atoms. The molecular formula is C10H8N2O3. The van der Waals surface area contributed by atoms with Crippen LogP contribution in [0.1, 0.15) is 0 Å². The molecule has 5 nitrogen and oxygen atoms in total. The molecule has 0 atom stereocenters. The van der Waals surface area contributed by atoms with Crippen molar-refractivity contribution in [2.75, 3.05) is 6.61 Å². The summed E-state index contributed by atoms with van der Waals surface area (Å²) in [6.45, 7) is 0.00843. The molecule has 1 aromatic rings. The van der Waals surface area contributed by atoms with Crippen LogP contribution in [-0.2, 0) is 9.59 Å². The van der Waals surface area contributed by atoms with Crippen molar-refractivity contribution in [1.29, 1.82) is 0 Å². The molecule has 0 unspecified atom stereocenters. The second-order valence-electron chi connectivity index (χ2n) is 2.55. The average Bonchev–Trinajstić information content (AvgIpc) is 2.28. The van der Waals surface area contributed by atoms with Gasteiger partial charge in [0, 0.05) is 0 Å². The fourth-order valence-electron chi connectivity index (χ4n) is 0.913. The van der Waals surface area contributed by atoms with Crippen LogP contribution in [0.3, 0.4) is 0 Å². The Morgan fingerprint density at radius 2 is 1.73 bits per heavy atom. The number of para-hydroxylation sites is 1. The quantitative estimate of drug-likeness (QED) is 0.532. The number of carbonyl (C=O) groups excluding carboxylic acids is 2. The Morgan fingerprint density at radius 3 is 2.27 bits per heavy atom. The molecule has 0 fully saturated rings. The molecule has 1 rings (SSSR count). The Balaban J connectivity index is 2.54. The summed E-state index contributed by atoms with van der Waals surface area (Å²) in [5.74, 6) is 0.615. The zero-order chi connectivity index (χ0) is 10.9. The lowest BCUT2D eigenvalue weighted by Crippen LogP contribution is -2.13. The van der Waals surface area contributed by atoms with Gasteiger partial charge in [-0.1, -0.05) is 18.2 Å². The van der Waals surface area contributed by atoms with Crippen LogP contribution in [-0.4, -0.2) is 24.9 Å². The van der Waals surface area contributed by atoms with Gasteiger partial charge in [-0.3, -0.25) is 0 Å². The van der Waals surface area contributed by atoms with Crippen LogP contribution in [0.4, 0.5) is 0 Å². The first kappa shape index (κ1) is 10.9. The number of hydrogen-bond acceptors (Lipinski definition) is 5. The van der Waals surface area contributed by atoms with E-state index in [1.165, 1.54) is 12.2 Å². The van der Waals surface area contributed by atoms with Gasteiger partial charge in [0.1, 0.15) is 12.4 Å². The van der Waals surface area contributed by atoms with Gasteiger partial charge in [-0.2, -0.15) is 9.98 Å². The highest BCUT2D eigenvalue weighted by atomic mass is 16.5. The molecule has 0 saturated carbocycles. The fourth-order valence-corrected chi connectivity index (χ4v) is 0.913. The van der Waals surface area contributed by atoms with E-state index in [1.54, 1.807) is 24.3 Å². The Bertz CT molecular complexity index is 374. The second kappa shape index (κ2) is 6.27. The number of aliphatic imine (C=N–C) groups is 2. The number of rotatable bonds is 5. The zero-order valence-corrected chi connectivity index (χ0v) is 7.79. The van der Waals surface area contributed by atoms with E-state index in [0.29, 0.717) is 5.75 Å². The van der Waals surface area contributed by atoms with Crippen molar-refractivity contribution < 1.29 is 14.3 Å². The normalized spacial score (nSPS) is 10.7. The third-order valence-corrected chi connectivity index (χ3v) is 1.55. The Morgan fingerprint density at radius 1 is 1.13 bits per heavy atom. The van der Waals surface area contributed by atoms with Crippen LogP contribution >= 0.6 is 0 Å². The van der Waals surface area contributed by atoms with E-state index in [0.717, 1.165) is 0 Å². The molecule has 0 aromatic heterocycles. The van der Waals surface area contributed by atoms with Crippen LogP contribution in [0.25, 0.3) is 0 Å². The molecule has 0 aliphatic carbocycles. The van der Waals surface area contributed by atoms with Crippen molar-refractivity contribution in [3.8, 4) is 5.75 Å². The van der Waals surface area contributed by atoms with Gasteiger partial charge >= 0.3 is 0 Å². The molecule has 0 spiro atoms. The van der Waals surface area contributed by atoms with Crippen molar-refractivity contribution in [2.24, 2.45) is 9.98 Å². The van der Waals surface area contributed by atoms with Gasteiger partial charge in [0.2, 0.25) is 12.2 Å². The molecular weight excluding hydrogens is 196 g/mol. The number of ether oxygens (including phenoxy) is 1. The maximum absolute atomic E-state index is 9.96. The molecule has 0 heterocycles. The molecule has 0 amide bonds. The van der Waals surface area contributed by atoms with Crippen molar-refractivity contribution in [3.63, 3.8) is 0 Å². The average molecular weight is 204 g/mol. The summed E-state index contributed by atoms with van der Waals surface area (Å²) >= 11 is 0. The summed E-state index contributed by atoms with van der Waals surface area (Å²) in [4.78, 5) is 26.5. The topological polar surface area (TPSA) is 68.1 Å². The number of nitrogens with zero attached hydrogens (tertiary/aromatic N) is 2. The van der Waals surface area contributed by atoms with Crippen LogP contribution in [0.2, 0.25) is 0 Å². The molecule has 15 heavy (non-hydrogen) atoms. The lowest BCUT2D eigenvalue weighted by atomic mass is 10.3. The van der Waals surface area contributed by atoms with Gasteiger partial charge in [0.15, 0.2) is 6.17 Å². The van der Waals surface area contributed by atoms with E-state index in [9.17, 15) is 9.59 Å². The Kier molecular flexibility index (Phi) is 4.54. The van der Waals surface area contributed by atoms with Crippen molar-refractivity contribution in [2.45, 2.75) is 6.17 Å². The van der Waals surface area contributed by atoms with Crippen LogP contribution in [0.15, 0.2) is 40.3 Å². The maximum Gasteiger partial charge on any atom is 0.237 e. The van der Waals surface area contributed by atoms with Gasteiger partial charge in [-0.05, 0) is 12.1 Å². The van der Waals surface area contributed by atoms with Gasteiger partial charge in [-0.15, -0.1) is 0 Å². The lowest BCUT2D eigenvalue weighted by molar-refractivity contribution is 0.292. The third kappa shape index (κ3) is 4.00. The maximum atomic E-state index is 9.96. The fraction of sp³-hybridized carbons (Fsp3) is 0.200. The van der Waals surface area contributed by atoms with E-state index < -0.39 is 6.17 Å². The van der Waals surface area contributed by atoms with Crippen LogP contribution in [0.5, 0.6) is 5.75 Å². The molecule has 0 N–H and O–H groups in total. The van der Waals surface area contributed by atoms with E-state index >= 15 is 0 Å². The standard InChI is InChI=1S/C10H8N2O3/c13-7-11-10(12-8-14)6-15-9-4-2-1-3-5-9/h1-5,10H,6H2. The minimum Gasteiger partial charge on any atom is -0.489 e. The second-order valence-corrected chi connectivity index (χ2v) is 2.55. The smallest absolute Gasteiger partial charge is 0.237 e. The van der Waals surface area contributed by atoms with Gasteiger partial charge < -0.3 is 4.74 Å². The number of hydrogen-bond donors (Lipinski definition) is 0. The van der Waals surface area contributed by atoms with Crippen LogP contribution < -0.4 is 4.74 Å². The number of isocyanates is 2. The first-order chi connectivity index (χ1) is 7.36. The Hall–Kier alpha value is -2.22. The van der Waals surface area contributed by atoms with E-state index in [1.807, 2.05) is 6.07 Å². The summed E-state index contributed by atoms with van der Waals surface area (Å²) in [5, 5.41) is 0. The molecule has 1 aromatic carbocycles. The van der Waals surface area contributed by atoms with E-state index in [2.05, 4.69) is 9.98 Å². The highest BCUT2D eigenvalue weighted by Gasteiger charge is 2.04. The highest BCUT2D eigenvalue weighted by Crippen LogP contribution is 2.09. The minimum atomic E-state index is -0.875. The van der Waals surface area contributed by atoms with E-state index in [4.69, 9.17) is 4.74 Å². The molecule has 76 valence electrons. The summed E-state index contributed by atoms with van der Waals surface area (Å²) in [6, 6.07) is 8.93. The monoisotopic (exact) mass is 204 g/mol. The first-order valence-corrected chi connectivity index (χ1v) is 4.18. The van der Waals surface area contributed by atoms with Crippen LogP contribution in [0, 0.1) is 0 Å². The van der Waals surface area contributed by atoms with Gasteiger partial charge in [-0.25, -0.2) is 9.59 Å². The molecule has 0 aliphatic rings. The first-order valence-electron chi connectivity index (χ1n) is 4.18. The summed E-state index contributed by atoms with van der Waals surface area (Å²) in [6.07, 6.45) is 1.75. The molecule has 0 saturated heterocycles. The Labute approximate surface area is 86.1 Å². The summed E-state index contributed by atoms with van der Waals surface area (Å²) in [7, 11) is 0. The van der Waals surface area contributed by atoms with Gasteiger partial charge in [0.05, 0.1) is 0 Å². The molecule has 0 aliphatic heterocycles. The minimum absolute atomic E-state index is 0.00843. The largest absolute Gasteiger partial charge is 0.489 e. The van der Waals surface area contributed by atoms with Crippen molar-refractivity contribution in [3.05, 3.63) is 30.3 Å². The summed E-state index contributed by atoms with van der Waals surface area (Å²) < 4.78 is 5.23. The SMILES string of the molecule is O=C=NC(COc1ccccc1)N=C=O. The third-order valence-electron chi connectivity index (χ3n) is 1.55. The van der Waals surface area contributed by atoms with E-state index in [-0.39, 0.29) is 6.61 Å². The highest BCUT2D eigenvalue weighted by molar-refractivity contribution is 5.37. The van der Waals surface area contributed by atoms with Crippen molar-refractivity contribution in [1.82, 2.24) is 0 Å². The molecule has 0 radical (unpaired) electrons. The summed E-state index contributed by atoms with van der Waals surface area (Å²) in [5.41, 5.74) is 0. The molecule has 5 heteroatoms. The predicted octanol–water partition coefficient (Wildman–Crippen LogP) is 1.06. The van der Waals surface area contributed by atoms with Crippen molar-refractivity contribution >= 4 is 12.2 Å².